The third-order valence-electron chi connectivity index (χ3n) is 6.07. The molecule has 6 heteroatoms. The van der Waals surface area contributed by atoms with Gasteiger partial charge in [-0.2, -0.15) is 0 Å². The van der Waals surface area contributed by atoms with Gasteiger partial charge >= 0.3 is 0 Å². The molecule has 28 heavy (non-hydrogen) atoms. The summed E-state index contributed by atoms with van der Waals surface area (Å²) in [7, 11) is 0. The van der Waals surface area contributed by atoms with Crippen LogP contribution in [0.2, 0.25) is 0 Å². The van der Waals surface area contributed by atoms with Crippen LogP contribution in [0.4, 0.5) is 5.69 Å². The third-order valence-corrected chi connectivity index (χ3v) is 6.07. The van der Waals surface area contributed by atoms with Gasteiger partial charge in [0.25, 0.3) is 5.91 Å². The Labute approximate surface area is 165 Å². The Morgan fingerprint density at radius 1 is 1.18 bits per heavy atom. The number of pyridine rings is 1. The fraction of sp³-hybridized carbons (Fsp3) is 0.409. The highest BCUT2D eigenvalue weighted by atomic mass is 16.2. The van der Waals surface area contributed by atoms with Crippen LogP contribution in [0.3, 0.4) is 0 Å². The molecule has 2 amide bonds. The lowest BCUT2D eigenvalue weighted by atomic mass is 9.67. The normalized spacial score (nSPS) is 23.6. The molecule has 2 heterocycles. The zero-order valence-electron chi connectivity index (χ0n) is 15.9. The van der Waals surface area contributed by atoms with Crippen LogP contribution in [0.1, 0.15) is 41.6 Å². The summed E-state index contributed by atoms with van der Waals surface area (Å²) in [5.41, 5.74) is 2.00. The second-order valence-corrected chi connectivity index (χ2v) is 7.80. The highest BCUT2D eigenvalue weighted by Gasteiger charge is 2.49. The minimum absolute atomic E-state index is 0.161. The summed E-state index contributed by atoms with van der Waals surface area (Å²) < 4.78 is 0. The topological polar surface area (TPSA) is 83.1 Å². The molecule has 6 nitrogen and oxygen atoms in total. The standard InChI is InChI=1S/C22H26N4O2/c27-20(17-7-10-23-11-8-17)26-19-6-3-4-16(12-19)13-25-21(28)22-9-2-1-5-18(22)14-24-15-22/h3-4,6-8,10-12,18,24H,1-2,5,9,13-15H2,(H,25,28)(H,26,27)/t18-,22+/m0/s1. The Balaban J connectivity index is 1.38. The molecule has 3 N–H and O–H groups in total. The molecule has 4 rings (SSSR count). The largest absolute Gasteiger partial charge is 0.351 e. The number of fused-ring (bicyclic) bond motifs is 1. The summed E-state index contributed by atoms with van der Waals surface area (Å²) in [6.07, 6.45) is 7.64. The van der Waals surface area contributed by atoms with Crippen LogP contribution in [0.25, 0.3) is 0 Å². The van der Waals surface area contributed by atoms with Crippen LogP contribution in [0, 0.1) is 11.3 Å². The Kier molecular flexibility index (Phi) is 5.39. The number of anilines is 1. The van der Waals surface area contributed by atoms with E-state index in [2.05, 4.69) is 20.9 Å². The van der Waals surface area contributed by atoms with Crippen molar-refractivity contribution < 1.29 is 9.59 Å². The lowest BCUT2D eigenvalue weighted by Gasteiger charge is -2.37. The van der Waals surface area contributed by atoms with Crippen molar-refractivity contribution in [2.24, 2.45) is 11.3 Å². The first-order valence-electron chi connectivity index (χ1n) is 9.97. The monoisotopic (exact) mass is 378 g/mol. The van der Waals surface area contributed by atoms with Gasteiger partial charge in [0.05, 0.1) is 5.41 Å². The van der Waals surface area contributed by atoms with Crippen LogP contribution in [-0.4, -0.2) is 29.9 Å². The Bertz CT molecular complexity index is 855. The molecule has 0 bridgehead atoms. The number of hydrogen-bond acceptors (Lipinski definition) is 4. The molecule has 1 aromatic heterocycles. The van der Waals surface area contributed by atoms with Crippen LogP contribution in [0.15, 0.2) is 48.8 Å². The van der Waals surface area contributed by atoms with Crippen molar-refractivity contribution in [2.75, 3.05) is 18.4 Å². The number of benzene rings is 1. The minimum Gasteiger partial charge on any atom is -0.351 e. The van der Waals surface area contributed by atoms with Crippen LogP contribution in [0.5, 0.6) is 0 Å². The highest BCUT2D eigenvalue weighted by molar-refractivity contribution is 6.04. The molecule has 146 valence electrons. The quantitative estimate of drug-likeness (QED) is 0.747. The van der Waals surface area contributed by atoms with Gasteiger partial charge in [-0.1, -0.05) is 25.0 Å². The van der Waals surface area contributed by atoms with Gasteiger partial charge in [0.15, 0.2) is 0 Å². The van der Waals surface area contributed by atoms with Gasteiger partial charge in [0.2, 0.25) is 5.91 Å². The van der Waals surface area contributed by atoms with Crippen molar-refractivity contribution in [1.29, 1.82) is 0 Å². The second kappa shape index (κ2) is 8.10. The number of nitrogens with one attached hydrogen (secondary N) is 3. The van der Waals surface area contributed by atoms with Crippen LogP contribution < -0.4 is 16.0 Å². The number of aromatic nitrogens is 1. The van der Waals surface area contributed by atoms with E-state index in [-0.39, 0.29) is 17.2 Å². The molecular weight excluding hydrogens is 352 g/mol. The summed E-state index contributed by atoms with van der Waals surface area (Å²) in [6, 6.07) is 11.0. The predicted molar refractivity (Wildman–Crippen MR) is 108 cm³/mol. The van der Waals surface area contributed by atoms with Gasteiger partial charge in [-0.25, -0.2) is 0 Å². The fourth-order valence-electron chi connectivity index (χ4n) is 4.51. The highest BCUT2D eigenvalue weighted by Crippen LogP contribution is 2.43. The molecule has 2 fully saturated rings. The SMILES string of the molecule is O=C(Nc1cccc(CNC(=O)[C@@]23CCCC[C@H]2CNC3)c1)c1ccncc1. The lowest BCUT2D eigenvalue weighted by Crippen LogP contribution is -2.47. The molecule has 1 aliphatic carbocycles. The molecule has 0 spiro atoms. The van der Waals surface area contributed by atoms with E-state index >= 15 is 0 Å². The van der Waals surface area contributed by atoms with Crippen molar-refractivity contribution in [2.45, 2.75) is 32.2 Å². The fourth-order valence-corrected chi connectivity index (χ4v) is 4.51. The van der Waals surface area contributed by atoms with E-state index in [0.717, 1.165) is 37.9 Å². The van der Waals surface area contributed by atoms with E-state index in [0.29, 0.717) is 23.7 Å². The maximum atomic E-state index is 13.0. The van der Waals surface area contributed by atoms with Gasteiger partial charge in [-0.3, -0.25) is 14.6 Å². The number of nitrogens with zero attached hydrogens (tertiary/aromatic N) is 1. The zero-order valence-corrected chi connectivity index (χ0v) is 15.9. The number of rotatable bonds is 5. The Morgan fingerprint density at radius 2 is 2.04 bits per heavy atom. The van der Waals surface area contributed by atoms with E-state index in [9.17, 15) is 9.59 Å². The Morgan fingerprint density at radius 3 is 2.89 bits per heavy atom. The summed E-state index contributed by atoms with van der Waals surface area (Å²) in [4.78, 5) is 29.2. The van der Waals surface area contributed by atoms with E-state index in [1.807, 2.05) is 24.3 Å². The van der Waals surface area contributed by atoms with Gasteiger partial charge in [0.1, 0.15) is 0 Å². The van der Waals surface area contributed by atoms with Crippen molar-refractivity contribution in [1.82, 2.24) is 15.6 Å². The first kappa shape index (κ1) is 18.6. The first-order valence-corrected chi connectivity index (χ1v) is 9.97. The van der Waals surface area contributed by atoms with Gasteiger partial charge in [-0.15, -0.1) is 0 Å². The molecule has 0 radical (unpaired) electrons. The summed E-state index contributed by atoms with van der Waals surface area (Å²) in [6.45, 7) is 2.20. The molecule has 1 aliphatic heterocycles. The second-order valence-electron chi connectivity index (χ2n) is 7.80. The molecule has 2 atom stereocenters. The molecule has 1 saturated carbocycles. The van der Waals surface area contributed by atoms with Gasteiger partial charge in [0, 0.05) is 36.7 Å². The van der Waals surface area contributed by atoms with Crippen molar-refractivity contribution in [3.63, 3.8) is 0 Å². The molecule has 2 aromatic rings. The smallest absolute Gasteiger partial charge is 0.255 e. The van der Waals surface area contributed by atoms with Crippen LogP contribution >= 0.6 is 0 Å². The number of hydrogen-bond donors (Lipinski definition) is 3. The summed E-state index contributed by atoms with van der Waals surface area (Å²) >= 11 is 0. The molecule has 1 saturated heterocycles. The van der Waals surface area contributed by atoms with E-state index in [1.165, 1.54) is 6.42 Å². The van der Waals surface area contributed by atoms with Crippen molar-refractivity contribution in [3.8, 4) is 0 Å². The lowest BCUT2D eigenvalue weighted by molar-refractivity contribution is -0.134. The van der Waals surface area contributed by atoms with Gasteiger partial charge < -0.3 is 16.0 Å². The van der Waals surface area contributed by atoms with Crippen LogP contribution in [-0.2, 0) is 11.3 Å². The molecule has 1 aromatic carbocycles. The molecular formula is C22H26N4O2. The number of carbonyl (C=O) groups excluding carboxylic acids is 2. The molecule has 0 unspecified atom stereocenters. The average molecular weight is 378 g/mol. The third kappa shape index (κ3) is 3.78. The summed E-state index contributed by atoms with van der Waals surface area (Å²) in [5.74, 6) is 0.435. The zero-order chi connectivity index (χ0) is 19.4. The van der Waals surface area contributed by atoms with Crippen molar-refractivity contribution in [3.05, 3.63) is 59.9 Å². The molecule has 2 aliphatic rings. The van der Waals surface area contributed by atoms with E-state index in [4.69, 9.17) is 0 Å². The first-order chi connectivity index (χ1) is 13.7. The van der Waals surface area contributed by atoms with Crippen molar-refractivity contribution >= 4 is 17.5 Å². The van der Waals surface area contributed by atoms with E-state index < -0.39 is 0 Å². The Hall–Kier alpha value is -2.73. The van der Waals surface area contributed by atoms with E-state index in [1.54, 1.807) is 24.5 Å². The summed E-state index contributed by atoms with van der Waals surface area (Å²) in [5, 5.41) is 9.46. The minimum atomic E-state index is -0.245. The predicted octanol–water partition coefficient (Wildman–Crippen LogP) is 2.73. The average Bonchev–Trinajstić information content (AvgIpc) is 3.18. The van der Waals surface area contributed by atoms with Gasteiger partial charge in [-0.05, 0) is 55.1 Å². The number of amides is 2. The number of carbonyl (C=O) groups is 2. The maximum absolute atomic E-state index is 13.0. The maximum Gasteiger partial charge on any atom is 0.255 e.